The molecule has 0 unspecified atom stereocenters. The average Bonchev–Trinajstić information content (AvgIpc) is 2.54. The van der Waals surface area contributed by atoms with E-state index in [4.69, 9.17) is 0 Å². The first kappa shape index (κ1) is 10.7. The van der Waals surface area contributed by atoms with E-state index in [1.165, 1.54) is 0 Å². The van der Waals surface area contributed by atoms with E-state index >= 15 is 0 Å². The van der Waals surface area contributed by atoms with Gasteiger partial charge in [0.05, 0.1) is 6.42 Å². The first-order chi connectivity index (χ1) is 7.49. The number of hydrogen-bond acceptors (Lipinski definition) is 2. The van der Waals surface area contributed by atoms with E-state index in [1.54, 1.807) is 19.0 Å². The summed E-state index contributed by atoms with van der Waals surface area (Å²) in [6.45, 7) is 1.88. The molecule has 0 saturated heterocycles. The summed E-state index contributed by atoms with van der Waals surface area (Å²) in [5, 5.41) is 2.77. The minimum Gasteiger partial charge on any atom is -0.345 e. The molecule has 2 rings (SSSR count). The summed E-state index contributed by atoms with van der Waals surface area (Å²) < 4.78 is 0. The molecule has 4 heteroatoms. The highest BCUT2D eigenvalue weighted by molar-refractivity contribution is 6.02. The van der Waals surface area contributed by atoms with Gasteiger partial charge in [-0.2, -0.15) is 0 Å². The van der Waals surface area contributed by atoms with Crippen molar-refractivity contribution in [2.45, 2.75) is 13.3 Å². The predicted octanol–water partition coefficient (Wildman–Crippen LogP) is 1.19. The fraction of sp³-hybridized carbons (Fsp3) is 0.333. The third-order valence-electron chi connectivity index (χ3n) is 2.71. The van der Waals surface area contributed by atoms with Gasteiger partial charge in [0.2, 0.25) is 5.91 Å². The van der Waals surface area contributed by atoms with Crippen LogP contribution in [0.3, 0.4) is 0 Å². The standard InChI is InChI=1S/C12H14N2O2/c1-7-4-10-8(6-11(15)13-10)5-9(7)12(16)14(2)3/h4-5H,6H2,1-3H3,(H,13,15). The van der Waals surface area contributed by atoms with Crippen LogP contribution < -0.4 is 5.32 Å². The molecular formula is C12H14N2O2. The predicted molar refractivity (Wildman–Crippen MR) is 61.5 cm³/mol. The van der Waals surface area contributed by atoms with Gasteiger partial charge in [-0.15, -0.1) is 0 Å². The minimum absolute atomic E-state index is 0.0103. The molecule has 1 heterocycles. The van der Waals surface area contributed by atoms with Crippen LogP contribution in [-0.4, -0.2) is 30.8 Å². The van der Waals surface area contributed by atoms with Crippen LogP contribution in [-0.2, 0) is 11.2 Å². The molecule has 0 bridgehead atoms. The molecule has 0 spiro atoms. The molecule has 0 fully saturated rings. The van der Waals surface area contributed by atoms with Crippen LogP contribution in [0.5, 0.6) is 0 Å². The zero-order valence-corrected chi connectivity index (χ0v) is 9.63. The van der Waals surface area contributed by atoms with Gasteiger partial charge < -0.3 is 10.2 Å². The van der Waals surface area contributed by atoms with Gasteiger partial charge >= 0.3 is 0 Å². The third kappa shape index (κ3) is 1.66. The van der Waals surface area contributed by atoms with Gasteiger partial charge in [-0.3, -0.25) is 9.59 Å². The van der Waals surface area contributed by atoms with Gasteiger partial charge in [0, 0.05) is 25.3 Å². The van der Waals surface area contributed by atoms with Crippen molar-refractivity contribution >= 4 is 17.5 Å². The Morgan fingerprint density at radius 3 is 2.69 bits per heavy atom. The summed E-state index contributed by atoms with van der Waals surface area (Å²) in [5.74, 6) is -0.0384. The molecule has 84 valence electrons. The first-order valence-electron chi connectivity index (χ1n) is 5.14. The van der Waals surface area contributed by atoms with Gasteiger partial charge in [-0.25, -0.2) is 0 Å². The third-order valence-corrected chi connectivity index (χ3v) is 2.71. The second-order valence-electron chi connectivity index (χ2n) is 4.25. The molecular weight excluding hydrogens is 204 g/mol. The van der Waals surface area contributed by atoms with Crippen molar-refractivity contribution in [2.75, 3.05) is 19.4 Å². The molecule has 0 aliphatic carbocycles. The zero-order valence-electron chi connectivity index (χ0n) is 9.63. The van der Waals surface area contributed by atoms with Crippen LogP contribution >= 0.6 is 0 Å². The van der Waals surface area contributed by atoms with E-state index in [9.17, 15) is 9.59 Å². The summed E-state index contributed by atoms with van der Waals surface area (Å²) in [6, 6.07) is 3.67. The number of fused-ring (bicyclic) bond motifs is 1. The van der Waals surface area contributed by atoms with Crippen molar-refractivity contribution in [1.29, 1.82) is 0 Å². The lowest BCUT2D eigenvalue weighted by Gasteiger charge is -2.13. The highest BCUT2D eigenvalue weighted by Crippen LogP contribution is 2.27. The maximum Gasteiger partial charge on any atom is 0.253 e. The van der Waals surface area contributed by atoms with Gasteiger partial charge in [0.1, 0.15) is 0 Å². The van der Waals surface area contributed by atoms with E-state index < -0.39 is 0 Å². The van der Waals surface area contributed by atoms with Gasteiger partial charge in [-0.05, 0) is 30.2 Å². The molecule has 2 amide bonds. The second-order valence-corrected chi connectivity index (χ2v) is 4.25. The van der Waals surface area contributed by atoms with Crippen LogP contribution in [0.2, 0.25) is 0 Å². The average molecular weight is 218 g/mol. The summed E-state index contributed by atoms with van der Waals surface area (Å²) in [7, 11) is 3.44. The number of aryl methyl sites for hydroxylation is 1. The van der Waals surface area contributed by atoms with Crippen molar-refractivity contribution in [1.82, 2.24) is 4.90 Å². The van der Waals surface area contributed by atoms with E-state index in [2.05, 4.69) is 5.32 Å². The topological polar surface area (TPSA) is 49.4 Å². The quantitative estimate of drug-likeness (QED) is 0.769. The van der Waals surface area contributed by atoms with Crippen LogP contribution in [0.4, 0.5) is 5.69 Å². The van der Waals surface area contributed by atoms with Gasteiger partial charge in [0.25, 0.3) is 5.91 Å². The zero-order chi connectivity index (χ0) is 11.9. The van der Waals surface area contributed by atoms with Crippen molar-refractivity contribution < 1.29 is 9.59 Å². The summed E-state index contributed by atoms with van der Waals surface area (Å²) in [5.41, 5.74) is 3.29. The van der Waals surface area contributed by atoms with E-state index in [1.807, 2.05) is 19.1 Å². The Morgan fingerprint density at radius 2 is 2.06 bits per heavy atom. The molecule has 1 N–H and O–H groups in total. The number of nitrogens with zero attached hydrogens (tertiary/aromatic N) is 1. The Bertz CT molecular complexity index is 478. The van der Waals surface area contributed by atoms with Crippen LogP contribution in [0.25, 0.3) is 0 Å². The summed E-state index contributed by atoms with van der Waals surface area (Å²) in [4.78, 5) is 24.6. The Kier molecular flexibility index (Phi) is 2.42. The van der Waals surface area contributed by atoms with E-state index in [-0.39, 0.29) is 11.8 Å². The lowest BCUT2D eigenvalue weighted by Crippen LogP contribution is -2.22. The van der Waals surface area contributed by atoms with Crippen LogP contribution in [0, 0.1) is 6.92 Å². The van der Waals surface area contributed by atoms with Crippen molar-refractivity contribution in [2.24, 2.45) is 0 Å². The number of hydrogen-bond donors (Lipinski definition) is 1. The highest BCUT2D eigenvalue weighted by atomic mass is 16.2. The maximum absolute atomic E-state index is 11.9. The molecule has 1 aliphatic heterocycles. The summed E-state index contributed by atoms with van der Waals surface area (Å²) >= 11 is 0. The molecule has 16 heavy (non-hydrogen) atoms. The molecule has 1 aromatic carbocycles. The number of amides is 2. The molecule has 4 nitrogen and oxygen atoms in total. The smallest absolute Gasteiger partial charge is 0.253 e. The number of carbonyl (C=O) groups excluding carboxylic acids is 2. The summed E-state index contributed by atoms with van der Waals surface area (Å²) in [6.07, 6.45) is 0.364. The first-order valence-corrected chi connectivity index (χ1v) is 5.14. The van der Waals surface area contributed by atoms with Crippen molar-refractivity contribution in [3.8, 4) is 0 Å². The molecule has 0 aromatic heterocycles. The molecule has 0 radical (unpaired) electrons. The fourth-order valence-electron chi connectivity index (χ4n) is 1.85. The number of carbonyl (C=O) groups is 2. The molecule has 0 saturated carbocycles. The number of benzene rings is 1. The maximum atomic E-state index is 11.9. The lowest BCUT2D eigenvalue weighted by atomic mass is 10.0. The monoisotopic (exact) mass is 218 g/mol. The van der Waals surface area contributed by atoms with Crippen LogP contribution in [0.1, 0.15) is 21.5 Å². The Hall–Kier alpha value is -1.84. The molecule has 1 aromatic rings. The van der Waals surface area contributed by atoms with E-state index in [0.29, 0.717) is 12.0 Å². The number of rotatable bonds is 1. The second kappa shape index (κ2) is 3.63. The lowest BCUT2D eigenvalue weighted by molar-refractivity contribution is -0.115. The van der Waals surface area contributed by atoms with Crippen molar-refractivity contribution in [3.63, 3.8) is 0 Å². The van der Waals surface area contributed by atoms with E-state index in [0.717, 1.165) is 16.8 Å². The Labute approximate surface area is 94.2 Å². The molecule has 0 atom stereocenters. The largest absolute Gasteiger partial charge is 0.345 e. The number of anilines is 1. The Morgan fingerprint density at radius 1 is 1.38 bits per heavy atom. The van der Waals surface area contributed by atoms with Gasteiger partial charge in [0.15, 0.2) is 0 Å². The Balaban J connectivity index is 2.46. The van der Waals surface area contributed by atoms with Gasteiger partial charge in [-0.1, -0.05) is 0 Å². The SMILES string of the molecule is Cc1cc2c(cc1C(=O)N(C)C)CC(=O)N2. The fourth-order valence-corrected chi connectivity index (χ4v) is 1.85. The van der Waals surface area contributed by atoms with Crippen LogP contribution in [0.15, 0.2) is 12.1 Å². The van der Waals surface area contributed by atoms with Crippen molar-refractivity contribution in [3.05, 3.63) is 28.8 Å². The normalized spacial score (nSPS) is 13.3. The minimum atomic E-state index is -0.0281. The number of nitrogens with one attached hydrogen (secondary N) is 1. The molecule has 1 aliphatic rings. The highest BCUT2D eigenvalue weighted by Gasteiger charge is 2.21.